The van der Waals surface area contributed by atoms with Gasteiger partial charge >= 0.3 is 5.69 Å². The molecule has 1 aliphatic carbocycles. The molecule has 35 heavy (non-hydrogen) atoms. The summed E-state index contributed by atoms with van der Waals surface area (Å²) in [5.41, 5.74) is 0.436. The molecule has 3 rings (SSSR count). The van der Waals surface area contributed by atoms with Crippen LogP contribution in [0, 0.1) is 15.9 Å². The van der Waals surface area contributed by atoms with Gasteiger partial charge in [-0.1, -0.05) is 31.4 Å². The zero-order valence-electron chi connectivity index (χ0n) is 19.9. The number of hydrogen-bond acceptors (Lipinski definition) is 6. The SMILES string of the molecule is COc1cc(OCC(=O)N(Cc2ccc(F)cc2)[C@H](C)C(=O)NC2CCCCC2)ccc1[N+](=O)[O-]. The Morgan fingerprint density at radius 1 is 1.17 bits per heavy atom. The fourth-order valence-corrected chi connectivity index (χ4v) is 4.06. The minimum absolute atomic E-state index is 0.00310. The average molecular weight is 488 g/mol. The fraction of sp³-hybridized carbons (Fsp3) is 0.440. The second-order valence-corrected chi connectivity index (χ2v) is 8.55. The summed E-state index contributed by atoms with van der Waals surface area (Å²) in [4.78, 5) is 38.0. The predicted molar refractivity (Wildman–Crippen MR) is 127 cm³/mol. The fourth-order valence-electron chi connectivity index (χ4n) is 4.06. The first-order valence-electron chi connectivity index (χ1n) is 11.6. The molecule has 0 radical (unpaired) electrons. The van der Waals surface area contributed by atoms with Gasteiger partial charge in [0.2, 0.25) is 11.7 Å². The Bertz CT molecular complexity index is 1040. The largest absolute Gasteiger partial charge is 0.490 e. The van der Waals surface area contributed by atoms with Gasteiger partial charge < -0.3 is 19.7 Å². The zero-order chi connectivity index (χ0) is 25.4. The number of hydrogen-bond donors (Lipinski definition) is 1. The summed E-state index contributed by atoms with van der Waals surface area (Å²) >= 11 is 0. The summed E-state index contributed by atoms with van der Waals surface area (Å²) in [5.74, 6) is -0.905. The molecule has 188 valence electrons. The first-order chi connectivity index (χ1) is 16.8. The summed E-state index contributed by atoms with van der Waals surface area (Å²) in [6, 6.07) is 8.94. The number of methoxy groups -OCH3 is 1. The van der Waals surface area contributed by atoms with Crippen LogP contribution in [0.2, 0.25) is 0 Å². The highest BCUT2D eigenvalue weighted by atomic mass is 19.1. The number of nitrogens with zero attached hydrogens (tertiary/aromatic N) is 2. The molecule has 0 bridgehead atoms. The second kappa shape index (κ2) is 12.1. The number of carbonyl (C=O) groups is 2. The minimum atomic E-state index is -0.788. The van der Waals surface area contributed by atoms with E-state index in [0.29, 0.717) is 5.56 Å². The molecular weight excluding hydrogens is 457 g/mol. The van der Waals surface area contributed by atoms with Gasteiger partial charge in [0, 0.05) is 24.7 Å². The predicted octanol–water partition coefficient (Wildman–Crippen LogP) is 3.99. The van der Waals surface area contributed by atoms with Gasteiger partial charge in [-0.15, -0.1) is 0 Å². The maximum absolute atomic E-state index is 13.4. The van der Waals surface area contributed by atoms with Crippen molar-refractivity contribution in [2.24, 2.45) is 0 Å². The number of nitrogens with one attached hydrogen (secondary N) is 1. The molecule has 1 saturated carbocycles. The molecule has 1 fully saturated rings. The molecule has 1 N–H and O–H groups in total. The van der Waals surface area contributed by atoms with E-state index < -0.39 is 29.3 Å². The van der Waals surface area contributed by atoms with E-state index in [1.54, 1.807) is 19.1 Å². The van der Waals surface area contributed by atoms with E-state index in [0.717, 1.165) is 32.1 Å². The summed E-state index contributed by atoms with van der Waals surface area (Å²) in [6.07, 6.45) is 5.10. The molecule has 2 aromatic carbocycles. The molecule has 2 amide bonds. The van der Waals surface area contributed by atoms with E-state index in [4.69, 9.17) is 9.47 Å². The van der Waals surface area contributed by atoms with Crippen LogP contribution in [0.4, 0.5) is 10.1 Å². The Balaban J connectivity index is 1.73. The third kappa shape index (κ3) is 7.14. The smallest absolute Gasteiger partial charge is 0.311 e. The monoisotopic (exact) mass is 487 g/mol. The van der Waals surface area contributed by atoms with E-state index in [1.165, 1.54) is 42.3 Å². The average Bonchev–Trinajstić information content (AvgIpc) is 2.86. The number of ether oxygens (including phenoxy) is 2. The Labute approximate surface area is 203 Å². The molecule has 0 unspecified atom stereocenters. The van der Waals surface area contributed by atoms with Crippen molar-refractivity contribution in [1.82, 2.24) is 10.2 Å². The molecular formula is C25H30FN3O6. The third-order valence-electron chi connectivity index (χ3n) is 6.10. The molecule has 10 heteroatoms. The molecule has 0 aromatic heterocycles. The maximum atomic E-state index is 13.4. The van der Waals surface area contributed by atoms with Gasteiger partial charge in [0.1, 0.15) is 17.6 Å². The molecule has 0 heterocycles. The number of amides is 2. The molecule has 2 aromatic rings. The van der Waals surface area contributed by atoms with Gasteiger partial charge in [-0.2, -0.15) is 0 Å². The van der Waals surface area contributed by atoms with Crippen LogP contribution >= 0.6 is 0 Å². The van der Waals surface area contributed by atoms with Crippen LogP contribution in [0.1, 0.15) is 44.6 Å². The van der Waals surface area contributed by atoms with Crippen molar-refractivity contribution in [3.8, 4) is 11.5 Å². The zero-order valence-corrected chi connectivity index (χ0v) is 19.9. The normalized spacial score (nSPS) is 14.6. The summed E-state index contributed by atoms with van der Waals surface area (Å²) in [7, 11) is 1.30. The van der Waals surface area contributed by atoms with Gasteiger partial charge in [0.15, 0.2) is 6.61 Å². The Morgan fingerprint density at radius 3 is 2.49 bits per heavy atom. The summed E-state index contributed by atoms with van der Waals surface area (Å²) in [5, 5.41) is 14.1. The van der Waals surface area contributed by atoms with Gasteiger partial charge in [-0.05, 0) is 43.5 Å². The van der Waals surface area contributed by atoms with Crippen LogP contribution < -0.4 is 14.8 Å². The van der Waals surface area contributed by atoms with Crippen LogP contribution in [0.25, 0.3) is 0 Å². The molecule has 0 spiro atoms. The molecule has 0 aliphatic heterocycles. The van der Waals surface area contributed by atoms with Crippen molar-refractivity contribution in [2.45, 2.75) is 57.7 Å². The Kier molecular flexibility index (Phi) is 8.99. The lowest BCUT2D eigenvalue weighted by molar-refractivity contribution is -0.385. The quantitative estimate of drug-likeness (QED) is 0.401. The highest BCUT2D eigenvalue weighted by molar-refractivity contribution is 5.88. The number of carbonyl (C=O) groups excluding carboxylic acids is 2. The van der Waals surface area contributed by atoms with Crippen molar-refractivity contribution in [1.29, 1.82) is 0 Å². The van der Waals surface area contributed by atoms with E-state index >= 15 is 0 Å². The van der Waals surface area contributed by atoms with Crippen molar-refractivity contribution >= 4 is 17.5 Å². The van der Waals surface area contributed by atoms with E-state index in [2.05, 4.69) is 5.32 Å². The third-order valence-corrected chi connectivity index (χ3v) is 6.10. The van der Waals surface area contributed by atoms with Crippen LogP contribution in [-0.4, -0.2) is 47.4 Å². The molecule has 1 aliphatic rings. The van der Waals surface area contributed by atoms with Crippen LogP contribution in [-0.2, 0) is 16.1 Å². The molecule has 1 atom stereocenters. The standard InChI is InChI=1S/C25H30FN3O6/c1-17(25(31)27-20-6-4-3-5-7-20)28(15-18-8-10-19(26)11-9-18)24(30)16-35-21-12-13-22(29(32)33)23(14-21)34-2/h8-14,17,20H,3-7,15-16H2,1-2H3,(H,27,31)/t17-/m1/s1. The van der Waals surface area contributed by atoms with Crippen molar-refractivity contribution < 1.29 is 28.4 Å². The van der Waals surface area contributed by atoms with Gasteiger partial charge in [0.05, 0.1) is 12.0 Å². The van der Waals surface area contributed by atoms with Crippen LogP contribution in [0.3, 0.4) is 0 Å². The lowest BCUT2D eigenvalue weighted by atomic mass is 9.95. The van der Waals surface area contributed by atoms with Crippen LogP contribution in [0.15, 0.2) is 42.5 Å². The number of benzene rings is 2. The maximum Gasteiger partial charge on any atom is 0.311 e. The molecule has 9 nitrogen and oxygen atoms in total. The van der Waals surface area contributed by atoms with E-state index in [1.807, 2.05) is 0 Å². The first-order valence-corrected chi connectivity index (χ1v) is 11.6. The number of nitro groups is 1. The topological polar surface area (TPSA) is 111 Å². The highest BCUT2D eigenvalue weighted by Crippen LogP contribution is 2.30. The highest BCUT2D eigenvalue weighted by Gasteiger charge is 2.28. The number of halogens is 1. The van der Waals surface area contributed by atoms with Crippen LogP contribution in [0.5, 0.6) is 11.5 Å². The van der Waals surface area contributed by atoms with Crippen molar-refractivity contribution in [2.75, 3.05) is 13.7 Å². The number of rotatable bonds is 10. The van der Waals surface area contributed by atoms with E-state index in [-0.39, 0.29) is 35.7 Å². The van der Waals surface area contributed by atoms with Gasteiger partial charge in [-0.25, -0.2) is 4.39 Å². The molecule has 0 saturated heterocycles. The van der Waals surface area contributed by atoms with Gasteiger partial charge in [-0.3, -0.25) is 19.7 Å². The first kappa shape index (κ1) is 25.9. The van der Waals surface area contributed by atoms with Crippen molar-refractivity contribution in [3.05, 3.63) is 64.0 Å². The second-order valence-electron chi connectivity index (χ2n) is 8.55. The Hall–Kier alpha value is -3.69. The Morgan fingerprint density at radius 2 is 1.86 bits per heavy atom. The lowest BCUT2D eigenvalue weighted by Crippen LogP contribution is -2.51. The lowest BCUT2D eigenvalue weighted by Gasteiger charge is -2.31. The van der Waals surface area contributed by atoms with Gasteiger partial charge in [0.25, 0.3) is 5.91 Å². The summed E-state index contributed by atoms with van der Waals surface area (Å²) < 4.78 is 24.0. The summed E-state index contributed by atoms with van der Waals surface area (Å²) in [6.45, 7) is 1.34. The number of nitro benzene ring substituents is 1. The van der Waals surface area contributed by atoms with Crippen molar-refractivity contribution in [3.63, 3.8) is 0 Å². The van der Waals surface area contributed by atoms with E-state index in [9.17, 15) is 24.1 Å². The minimum Gasteiger partial charge on any atom is -0.490 e.